The highest BCUT2D eigenvalue weighted by Crippen LogP contribution is 2.22. The first-order valence-electron chi connectivity index (χ1n) is 9.79. The molecule has 26 heavy (non-hydrogen) atoms. The SMILES string of the molecule is CCCCCCCCCCCC(=O)O[C@@H](c1ccccc1)[C@@H](N)C(=O)O. The quantitative estimate of drug-likeness (QED) is 0.372. The maximum Gasteiger partial charge on any atom is 0.324 e. The average molecular weight is 363 g/mol. The molecule has 2 atom stereocenters. The van der Waals surface area contributed by atoms with Gasteiger partial charge in [-0.05, 0) is 12.0 Å². The first kappa shape index (κ1) is 22.2. The van der Waals surface area contributed by atoms with Crippen LogP contribution in [0, 0.1) is 0 Å². The number of benzene rings is 1. The maximum atomic E-state index is 12.1. The number of aliphatic carboxylic acids is 1. The second-order valence-corrected chi connectivity index (χ2v) is 6.76. The van der Waals surface area contributed by atoms with Gasteiger partial charge in [0.1, 0.15) is 6.04 Å². The molecule has 0 saturated heterocycles. The highest BCUT2D eigenvalue weighted by molar-refractivity contribution is 5.76. The molecule has 0 aromatic heterocycles. The van der Waals surface area contributed by atoms with E-state index in [4.69, 9.17) is 15.6 Å². The Kier molecular flexibility index (Phi) is 11.4. The topological polar surface area (TPSA) is 89.6 Å². The monoisotopic (exact) mass is 363 g/mol. The van der Waals surface area contributed by atoms with Crippen LogP contribution in [0.1, 0.15) is 82.8 Å². The molecular formula is C21H33NO4. The van der Waals surface area contributed by atoms with Crippen LogP contribution in [-0.4, -0.2) is 23.1 Å². The van der Waals surface area contributed by atoms with Crippen molar-refractivity contribution in [2.24, 2.45) is 5.73 Å². The first-order chi connectivity index (χ1) is 12.6. The van der Waals surface area contributed by atoms with E-state index in [-0.39, 0.29) is 0 Å². The minimum atomic E-state index is -1.27. The summed E-state index contributed by atoms with van der Waals surface area (Å²) in [4.78, 5) is 23.3. The molecule has 0 spiro atoms. The lowest BCUT2D eigenvalue weighted by Crippen LogP contribution is -2.38. The number of unbranched alkanes of at least 4 members (excludes halogenated alkanes) is 8. The molecule has 3 N–H and O–H groups in total. The zero-order valence-corrected chi connectivity index (χ0v) is 15.9. The average Bonchev–Trinajstić information content (AvgIpc) is 2.65. The largest absolute Gasteiger partial charge is 0.480 e. The van der Waals surface area contributed by atoms with Crippen molar-refractivity contribution in [2.45, 2.75) is 83.3 Å². The molecule has 0 fully saturated rings. The van der Waals surface area contributed by atoms with Gasteiger partial charge in [0.25, 0.3) is 0 Å². The molecule has 0 radical (unpaired) electrons. The lowest BCUT2D eigenvalue weighted by atomic mass is 10.0. The van der Waals surface area contributed by atoms with E-state index >= 15 is 0 Å². The molecule has 0 unspecified atom stereocenters. The Labute approximate surface area is 156 Å². The van der Waals surface area contributed by atoms with Crippen molar-refractivity contribution >= 4 is 11.9 Å². The molecule has 1 aromatic carbocycles. The van der Waals surface area contributed by atoms with Crippen molar-refractivity contribution in [1.82, 2.24) is 0 Å². The standard InChI is InChI=1S/C21H33NO4/c1-2-3-4-5-6-7-8-9-13-16-18(23)26-20(19(22)21(24)25)17-14-11-10-12-15-17/h10-12,14-15,19-20H,2-9,13,16,22H2,1H3,(H,24,25)/t19-,20+/m1/s1. The molecule has 0 aliphatic carbocycles. The zero-order valence-electron chi connectivity index (χ0n) is 15.9. The van der Waals surface area contributed by atoms with E-state index in [1.165, 1.54) is 38.5 Å². The summed E-state index contributed by atoms with van der Waals surface area (Å²) in [5.41, 5.74) is 6.31. The van der Waals surface area contributed by atoms with E-state index in [0.29, 0.717) is 12.0 Å². The van der Waals surface area contributed by atoms with Crippen LogP contribution in [0.2, 0.25) is 0 Å². The summed E-state index contributed by atoms with van der Waals surface area (Å²) in [5, 5.41) is 9.16. The number of carbonyl (C=O) groups excluding carboxylic acids is 1. The Morgan fingerprint density at radius 1 is 0.962 bits per heavy atom. The van der Waals surface area contributed by atoms with Gasteiger partial charge >= 0.3 is 11.9 Å². The summed E-state index contributed by atoms with van der Waals surface area (Å²) in [7, 11) is 0. The molecule has 1 aromatic rings. The van der Waals surface area contributed by atoms with E-state index in [0.717, 1.165) is 19.3 Å². The van der Waals surface area contributed by atoms with Crippen molar-refractivity contribution in [3.63, 3.8) is 0 Å². The summed E-state index contributed by atoms with van der Waals surface area (Å²) in [6, 6.07) is 7.52. The Morgan fingerprint density at radius 2 is 1.50 bits per heavy atom. The summed E-state index contributed by atoms with van der Waals surface area (Å²) in [6.07, 6.45) is 9.85. The summed E-state index contributed by atoms with van der Waals surface area (Å²) >= 11 is 0. The number of carboxylic acids is 1. The van der Waals surface area contributed by atoms with Crippen molar-refractivity contribution in [1.29, 1.82) is 0 Å². The molecule has 5 nitrogen and oxygen atoms in total. The highest BCUT2D eigenvalue weighted by Gasteiger charge is 2.29. The third-order valence-electron chi connectivity index (χ3n) is 4.48. The molecule has 0 aliphatic heterocycles. The molecule has 0 heterocycles. The number of nitrogens with two attached hydrogens (primary N) is 1. The van der Waals surface area contributed by atoms with Crippen LogP contribution >= 0.6 is 0 Å². The van der Waals surface area contributed by atoms with E-state index in [1.54, 1.807) is 24.3 Å². The third-order valence-corrected chi connectivity index (χ3v) is 4.48. The number of ether oxygens (including phenoxy) is 1. The van der Waals surface area contributed by atoms with Crippen LogP contribution in [0.3, 0.4) is 0 Å². The molecule has 146 valence electrons. The fourth-order valence-corrected chi connectivity index (χ4v) is 2.90. The molecule has 0 saturated carbocycles. The Morgan fingerprint density at radius 3 is 2.04 bits per heavy atom. The third kappa shape index (κ3) is 8.99. The maximum absolute atomic E-state index is 12.1. The first-order valence-corrected chi connectivity index (χ1v) is 9.79. The predicted molar refractivity (Wildman–Crippen MR) is 103 cm³/mol. The normalized spacial score (nSPS) is 13.2. The van der Waals surface area contributed by atoms with Gasteiger partial charge in [0.2, 0.25) is 0 Å². The van der Waals surface area contributed by atoms with E-state index < -0.39 is 24.1 Å². The number of carboxylic acid groups (broad SMARTS) is 1. The van der Waals surface area contributed by atoms with Gasteiger partial charge in [-0.1, -0.05) is 88.6 Å². The molecule has 0 bridgehead atoms. The van der Waals surface area contributed by atoms with Gasteiger partial charge in [0, 0.05) is 6.42 Å². The fourth-order valence-electron chi connectivity index (χ4n) is 2.90. The van der Waals surface area contributed by atoms with Crippen LogP contribution in [-0.2, 0) is 14.3 Å². The van der Waals surface area contributed by atoms with Gasteiger partial charge in [-0.25, -0.2) is 0 Å². The number of esters is 1. The van der Waals surface area contributed by atoms with Gasteiger partial charge in [-0.2, -0.15) is 0 Å². The lowest BCUT2D eigenvalue weighted by molar-refractivity contribution is -0.155. The number of hydrogen-bond donors (Lipinski definition) is 2. The number of carbonyl (C=O) groups is 2. The van der Waals surface area contributed by atoms with Crippen molar-refractivity contribution in [2.75, 3.05) is 0 Å². The van der Waals surface area contributed by atoms with Gasteiger partial charge in [-0.15, -0.1) is 0 Å². The minimum Gasteiger partial charge on any atom is -0.480 e. The van der Waals surface area contributed by atoms with Crippen LogP contribution in [0.4, 0.5) is 0 Å². The van der Waals surface area contributed by atoms with Crippen LogP contribution < -0.4 is 5.73 Å². The van der Waals surface area contributed by atoms with Crippen LogP contribution in [0.15, 0.2) is 30.3 Å². The highest BCUT2D eigenvalue weighted by atomic mass is 16.5. The van der Waals surface area contributed by atoms with E-state index in [2.05, 4.69) is 6.92 Å². The van der Waals surface area contributed by atoms with Crippen molar-refractivity contribution in [3.05, 3.63) is 35.9 Å². The molecule has 0 amide bonds. The van der Waals surface area contributed by atoms with Gasteiger partial charge < -0.3 is 15.6 Å². The molecular weight excluding hydrogens is 330 g/mol. The molecule has 0 aliphatic rings. The van der Waals surface area contributed by atoms with Crippen LogP contribution in [0.25, 0.3) is 0 Å². The Balaban J connectivity index is 2.31. The summed E-state index contributed by atoms with van der Waals surface area (Å²) in [5.74, 6) is -1.58. The van der Waals surface area contributed by atoms with Crippen LogP contribution in [0.5, 0.6) is 0 Å². The van der Waals surface area contributed by atoms with Gasteiger partial charge in [-0.3, -0.25) is 9.59 Å². The summed E-state index contributed by atoms with van der Waals surface area (Å²) < 4.78 is 5.39. The Hall–Kier alpha value is -1.88. The van der Waals surface area contributed by atoms with Gasteiger partial charge in [0.15, 0.2) is 6.10 Å². The second-order valence-electron chi connectivity index (χ2n) is 6.76. The van der Waals surface area contributed by atoms with E-state index in [9.17, 15) is 9.59 Å². The van der Waals surface area contributed by atoms with Crippen molar-refractivity contribution < 1.29 is 19.4 Å². The lowest BCUT2D eigenvalue weighted by Gasteiger charge is -2.21. The van der Waals surface area contributed by atoms with Gasteiger partial charge in [0.05, 0.1) is 0 Å². The number of rotatable bonds is 14. The number of hydrogen-bond acceptors (Lipinski definition) is 4. The predicted octanol–water partition coefficient (Wildman–Crippen LogP) is 4.60. The second kappa shape index (κ2) is 13.3. The molecule has 1 rings (SSSR count). The summed E-state index contributed by atoms with van der Waals surface area (Å²) in [6.45, 7) is 2.21. The fraction of sp³-hybridized carbons (Fsp3) is 0.619. The smallest absolute Gasteiger partial charge is 0.324 e. The minimum absolute atomic E-state index is 0.297. The van der Waals surface area contributed by atoms with Crippen molar-refractivity contribution in [3.8, 4) is 0 Å². The molecule has 5 heteroatoms. The Bertz CT molecular complexity index is 518. The van der Waals surface area contributed by atoms with E-state index in [1.807, 2.05) is 6.07 Å². The zero-order chi connectivity index (χ0) is 19.2.